The zero-order chi connectivity index (χ0) is 21.0. The first kappa shape index (κ1) is 20.0. The number of nitrogens with one attached hydrogen (secondary N) is 1. The van der Waals surface area contributed by atoms with Crippen molar-refractivity contribution in [3.8, 4) is 5.88 Å². The average Bonchev–Trinajstić information content (AvgIpc) is 3.40. The monoisotopic (exact) mass is 402 g/mol. The Kier molecular flexibility index (Phi) is 5.90. The van der Waals surface area contributed by atoms with E-state index in [1.165, 1.54) is 18.0 Å². The van der Waals surface area contributed by atoms with Gasteiger partial charge >= 0.3 is 11.6 Å². The molecule has 3 aromatic rings. The fourth-order valence-electron chi connectivity index (χ4n) is 2.87. The molecule has 0 aliphatic carbocycles. The molecule has 1 N–H and O–H groups in total. The molecule has 0 atom stereocenters. The summed E-state index contributed by atoms with van der Waals surface area (Å²) in [4.78, 5) is 22.5. The Bertz CT molecular complexity index is 1020. The topological polar surface area (TPSA) is 135 Å². The van der Waals surface area contributed by atoms with Crippen LogP contribution in [0.3, 0.4) is 0 Å². The van der Waals surface area contributed by atoms with Crippen molar-refractivity contribution < 1.29 is 14.5 Å². The van der Waals surface area contributed by atoms with Crippen molar-refractivity contribution in [2.75, 3.05) is 12.4 Å². The first-order valence-corrected chi connectivity index (χ1v) is 9.00. The predicted octanol–water partition coefficient (Wildman–Crippen LogP) is 1.60. The second-order valence-electron chi connectivity index (χ2n) is 6.34. The number of aryl methyl sites for hydroxylation is 2. The Balaban J connectivity index is 1.55. The van der Waals surface area contributed by atoms with Crippen molar-refractivity contribution in [3.63, 3.8) is 0 Å². The molecule has 0 radical (unpaired) electrons. The van der Waals surface area contributed by atoms with Crippen LogP contribution in [0.1, 0.15) is 24.6 Å². The second kappa shape index (κ2) is 8.54. The van der Waals surface area contributed by atoms with Crippen LogP contribution in [0.15, 0.2) is 24.8 Å². The Morgan fingerprint density at radius 3 is 2.69 bits per heavy atom. The molecule has 0 spiro atoms. The third-order valence-electron chi connectivity index (χ3n) is 4.42. The highest BCUT2D eigenvalue weighted by Gasteiger charge is 2.20. The van der Waals surface area contributed by atoms with Crippen LogP contribution in [0.2, 0.25) is 0 Å². The Labute approximate surface area is 166 Å². The molecule has 0 fully saturated rings. The second-order valence-corrected chi connectivity index (χ2v) is 6.34. The van der Waals surface area contributed by atoms with Gasteiger partial charge in [0.2, 0.25) is 5.91 Å². The highest BCUT2D eigenvalue weighted by molar-refractivity contribution is 5.90. The number of amides is 1. The number of carbonyl (C=O) groups is 1. The van der Waals surface area contributed by atoms with Gasteiger partial charge in [-0.2, -0.15) is 10.2 Å². The fourth-order valence-corrected chi connectivity index (χ4v) is 2.87. The molecule has 3 aromatic heterocycles. The summed E-state index contributed by atoms with van der Waals surface area (Å²) >= 11 is 0. The van der Waals surface area contributed by atoms with Gasteiger partial charge < -0.3 is 10.1 Å². The van der Waals surface area contributed by atoms with Gasteiger partial charge in [-0.3, -0.25) is 29.0 Å². The number of nitro groups is 1. The van der Waals surface area contributed by atoms with Gasteiger partial charge in [-0.25, -0.2) is 0 Å². The summed E-state index contributed by atoms with van der Waals surface area (Å²) in [5.74, 6) is -0.338. The summed E-state index contributed by atoms with van der Waals surface area (Å²) in [5, 5.41) is 26.2. The van der Waals surface area contributed by atoms with E-state index in [-0.39, 0.29) is 30.4 Å². The van der Waals surface area contributed by atoms with E-state index >= 15 is 0 Å². The summed E-state index contributed by atoms with van der Waals surface area (Å²) in [7, 11) is 1.30. The van der Waals surface area contributed by atoms with E-state index in [1.807, 2.05) is 24.7 Å². The van der Waals surface area contributed by atoms with Crippen LogP contribution >= 0.6 is 0 Å². The fraction of sp³-hybridized carbons (Fsp3) is 0.412. The number of anilines is 1. The first-order chi connectivity index (χ1) is 13.9. The molecule has 0 aromatic carbocycles. The molecular weight excluding hydrogens is 380 g/mol. The Morgan fingerprint density at radius 2 is 2.07 bits per heavy atom. The molecule has 0 aliphatic heterocycles. The predicted molar refractivity (Wildman–Crippen MR) is 103 cm³/mol. The lowest BCUT2D eigenvalue weighted by Gasteiger charge is -2.03. The number of hydrogen-bond acceptors (Lipinski definition) is 7. The lowest BCUT2D eigenvalue weighted by Crippen LogP contribution is -2.14. The number of carbonyl (C=O) groups excluding carboxylic acids is 1. The van der Waals surface area contributed by atoms with Gasteiger partial charge in [0.1, 0.15) is 6.20 Å². The van der Waals surface area contributed by atoms with Crippen molar-refractivity contribution in [3.05, 3.63) is 46.2 Å². The Morgan fingerprint density at radius 1 is 1.28 bits per heavy atom. The smallest absolute Gasteiger partial charge is 0.350 e. The van der Waals surface area contributed by atoms with Gasteiger partial charge in [-0.1, -0.05) is 0 Å². The van der Waals surface area contributed by atoms with Crippen LogP contribution in [-0.4, -0.2) is 47.3 Å². The van der Waals surface area contributed by atoms with Crippen LogP contribution in [-0.2, 0) is 24.4 Å². The summed E-state index contributed by atoms with van der Waals surface area (Å²) < 4.78 is 9.82. The quantitative estimate of drug-likeness (QED) is 0.424. The molecule has 12 heteroatoms. The maximum absolute atomic E-state index is 12.2. The molecule has 3 heterocycles. The van der Waals surface area contributed by atoms with E-state index in [1.54, 1.807) is 17.1 Å². The molecule has 0 unspecified atom stereocenters. The van der Waals surface area contributed by atoms with Crippen LogP contribution < -0.4 is 10.1 Å². The van der Waals surface area contributed by atoms with Gasteiger partial charge in [0.05, 0.1) is 43.2 Å². The number of methoxy groups -OCH3 is 1. The molecule has 12 nitrogen and oxygen atoms in total. The lowest BCUT2D eigenvalue weighted by atomic mass is 10.2. The molecule has 0 bridgehead atoms. The minimum Gasteiger partial charge on any atom is -0.475 e. The normalized spacial score (nSPS) is 10.9. The highest BCUT2D eigenvalue weighted by atomic mass is 16.6. The van der Waals surface area contributed by atoms with Gasteiger partial charge in [-0.15, -0.1) is 5.10 Å². The molecule has 154 valence electrons. The van der Waals surface area contributed by atoms with Crippen LogP contribution in [0.4, 0.5) is 11.4 Å². The summed E-state index contributed by atoms with van der Waals surface area (Å²) in [6.07, 6.45) is 6.45. The van der Waals surface area contributed by atoms with E-state index in [0.717, 1.165) is 17.8 Å². The Hall–Kier alpha value is -3.70. The van der Waals surface area contributed by atoms with E-state index in [9.17, 15) is 14.9 Å². The number of ether oxygens (including phenoxy) is 1. The minimum absolute atomic E-state index is 0.0848. The zero-order valence-corrected chi connectivity index (χ0v) is 16.4. The zero-order valence-electron chi connectivity index (χ0n) is 16.4. The minimum atomic E-state index is -0.581. The SMILES string of the molecule is CCn1ncc(Cn2cc(NC(=O)CCn3cc([N+](=O)[O-])c(OC)n3)cn2)c1C. The first-order valence-electron chi connectivity index (χ1n) is 9.00. The number of nitrogens with zero attached hydrogens (tertiary/aromatic N) is 7. The van der Waals surface area contributed by atoms with Crippen LogP contribution in [0, 0.1) is 17.0 Å². The average molecular weight is 402 g/mol. The lowest BCUT2D eigenvalue weighted by molar-refractivity contribution is -0.385. The molecule has 0 saturated carbocycles. The van der Waals surface area contributed by atoms with Crippen molar-refractivity contribution in [2.24, 2.45) is 0 Å². The molecule has 29 heavy (non-hydrogen) atoms. The number of aromatic nitrogens is 6. The summed E-state index contributed by atoms with van der Waals surface area (Å²) in [5.41, 5.74) is 2.47. The van der Waals surface area contributed by atoms with Crippen LogP contribution in [0.5, 0.6) is 5.88 Å². The van der Waals surface area contributed by atoms with Crippen LogP contribution in [0.25, 0.3) is 0 Å². The molecular formula is C17H22N8O4. The standard InChI is InChI=1S/C17H22N8O4/c1-4-24-12(2)13(7-19-24)9-23-10-14(8-18-23)20-16(26)5-6-22-11-15(25(27)28)17(21-22)29-3/h7-8,10-11H,4-6,9H2,1-3H3,(H,20,26). The third-order valence-corrected chi connectivity index (χ3v) is 4.42. The van der Waals surface area contributed by atoms with E-state index in [0.29, 0.717) is 12.2 Å². The van der Waals surface area contributed by atoms with Crippen molar-refractivity contribution in [1.82, 2.24) is 29.3 Å². The van der Waals surface area contributed by atoms with E-state index in [2.05, 4.69) is 20.6 Å². The van der Waals surface area contributed by atoms with Crippen molar-refractivity contribution in [2.45, 2.75) is 39.9 Å². The van der Waals surface area contributed by atoms with E-state index in [4.69, 9.17) is 4.74 Å². The summed E-state index contributed by atoms with van der Waals surface area (Å²) in [6, 6.07) is 0. The maximum atomic E-state index is 12.2. The van der Waals surface area contributed by atoms with Gasteiger partial charge in [0.15, 0.2) is 0 Å². The highest BCUT2D eigenvalue weighted by Crippen LogP contribution is 2.24. The third kappa shape index (κ3) is 4.59. The number of rotatable bonds is 9. The molecule has 1 amide bonds. The van der Waals surface area contributed by atoms with Crippen molar-refractivity contribution in [1.29, 1.82) is 0 Å². The summed E-state index contributed by atoms with van der Waals surface area (Å²) in [6.45, 7) is 5.57. The van der Waals surface area contributed by atoms with E-state index < -0.39 is 4.92 Å². The van der Waals surface area contributed by atoms with Gasteiger partial charge in [0, 0.05) is 30.4 Å². The van der Waals surface area contributed by atoms with Gasteiger partial charge in [0.25, 0.3) is 0 Å². The maximum Gasteiger partial charge on any atom is 0.350 e. The molecule has 0 saturated heterocycles. The molecule has 0 aliphatic rings. The van der Waals surface area contributed by atoms with Gasteiger partial charge in [-0.05, 0) is 13.8 Å². The largest absolute Gasteiger partial charge is 0.475 e. The number of hydrogen-bond donors (Lipinski definition) is 1. The molecule has 3 rings (SSSR count). The van der Waals surface area contributed by atoms with Crippen molar-refractivity contribution >= 4 is 17.3 Å².